The Morgan fingerprint density at radius 3 is 2.76 bits per heavy atom. The third kappa shape index (κ3) is 4.90. The first-order chi connectivity index (χ1) is 15.9. The SMILES string of the molecule is COC(=O)C(c1cc(OCC2CCC3(COC(=O)c4ccccc4)CCCN23)no1)C(C)C. The van der Waals surface area contributed by atoms with E-state index in [2.05, 4.69) is 10.1 Å². The van der Waals surface area contributed by atoms with Gasteiger partial charge in [0.1, 0.15) is 19.1 Å². The number of carbonyl (C=O) groups excluding carboxylic acids is 2. The van der Waals surface area contributed by atoms with Gasteiger partial charge < -0.3 is 18.7 Å². The number of ether oxygens (including phenoxy) is 3. The molecule has 2 fully saturated rings. The highest BCUT2D eigenvalue weighted by Crippen LogP contribution is 2.43. The highest BCUT2D eigenvalue weighted by Gasteiger charge is 2.50. The second kappa shape index (κ2) is 9.95. The Morgan fingerprint density at radius 2 is 2.03 bits per heavy atom. The molecule has 8 nitrogen and oxygen atoms in total. The van der Waals surface area contributed by atoms with Crippen molar-refractivity contribution in [1.29, 1.82) is 0 Å². The van der Waals surface area contributed by atoms with Crippen LogP contribution in [0.4, 0.5) is 0 Å². The zero-order valence-electron chi connectivity index (χ0n) is 19.5. The van der Waals surface area contributed by atoms with Gasteiger partial charge in [-0.15, -0.1) is 0 Å². The molecule has 3 atom stereocenters. The Kier molecular flexibility index (Phi) is 7.02. The summed E-state index contributed by atoms with van der Waals surface area (Å²) >= 11 is 0. The van der Waals surface area contributed by atoms with E-state index in [-0.39, 0.29) is 29.4 Å². The summed E-state index contributed by atoms with van der Waals surface area (Å²) in [5.41, 5.74) is 0.450. The van der Waals surface area contributed by atoms with Gasteiger partial charge in [-0.2, -0.15) is 0 Å². The number of benzene rings is 1. The Balaban J connectivity index is 1.34. The van der Waals surface area contributed by atoms with Crippen LogP contribution in [0.3, 0.4) is 0 Å². The van der Waals surface area contributed by atoms with E-state index in [1.165, 1.54) is 7.11 Å². The molecule has 2 aromatic rings. The molecule has 4 rings (SSSR count). The smallest absolute Gasteiger partial charge is 0.338 e. The number of methoxy groups -OCH3 is 1. The molecule has 0 radical (unpaired) electrons. The molecule has 0 bridgehead atoms. The van der Waals surface area contributed by atoms with E-state index < -0.39 is 5.92 Å². The maximum absolute atomic E-state index is 12.4. The molecule has 3 unspecified atom stereocenters. The molecule has 2 saturated heterocycles. The van der Waals surface area contributed by atoms with Gasteiger partial charge in [-0.05, 0) is 55.4 Å². The van der Waals surface area contributed by atoms with Crippen LogP contribution in [-0.2, 0) is 14.3 Å². The third-order valence-electron chi connectivity index (χ3n) is 6.87. The summed E-state index contributed by atoms with van der Waals surface area (Å²) in [7, 11) is 1.37. The van der Waals surface area contributed by atoms with Gasteiger partial charge in [-0.25, -0.2) is 4.79 Å². The molecular weight excluding hydrogens is 424 g/mol. The van der Waals surface area contributed by atoms with Crippen molar-refractivity contribution in [2.45, 2.75) is 57.0 Å². The topological polar surface area (TPSA) is 91.1 Å². The first-order valence-electron chi connectivity index (χ1n) is 11.6. The molecule has 0 spiro atoms. The van der Waals surface area contributed by atoms with Gasteiger partial charge in [0.25, 0.3) is 5.88 Å². The Hall–Kier alpha value is -2.87. The van der Waals surface area contributed by atoms with E-state index in [4.69, 9.17) is 18.7 Å². The van der Waals surface area contributed by atoms with Crippen molar-refractivity contribution in [2.24, 2.45) is 5.92 Å². The zero-order valence-corrected chi connectivity index (χ0v) is 19.5. The van der Waals surface area contributed by atoms with Crippen molar-refractivity contribution in [2.75, 3.05) is 26.9 Å². The minimum Gasteiger partial charge on any atom is -0.474 e. The number of esters is 2. The van der Waals surface area contributed by atoms with Crippen molar-refractivity contribution in [3.63, 3.8) is 0 Å². The number of hydrogen-bond acceptors (Lipinski definition) is 8. The van der Waals surface area contributed by atoms with E-state index in [0.29, 0.717) is 30.4 Å². The van der Waals surface area contributed by atoms with Gasteiger partial charge in [-0.1, -0.05) is 32.0 Å². The summed E-state index contributed by atoms with van der Waals surface area (Å²) in [5, 5.41) is 4.00. The lowest BCUT2D eigenvalue weighted by atomic mass is 9.93. The van der Waals surface area contributed by atoms with Crippen LogP contribution in [-0.4, -0.2) is 60.4 Å². The molecule has 1 aromatic carbocycles. The van der Waals surface area contributed by atoms with Crippen molar-refractivity contribution in [3.8, 4) is 5.88 Å². The van der Waals surface area contributed by atoms with Gasteiger partial charge in [0.2, 0.25) is 0 Å². The second-order valence-electron chi connectivity index (χ2n) is 9.28. The second-order valence-corrected chi connectivity index (χ2v) is 9.28. The zero-order chi connectivity index (χ0) is 23.4. The number of nitrogens with zero attached hydrogens (tertiary/aromatic N) is 2. The molecule has 0 amide bonds. The van der Waals surface area contributed by atoms with E-state index in [9.17, 15) is 9.59 Å². The van der Waals surface area contributed by atoms with Crippen molar-refractivity contribution >= 4 is 11.9 Å². The average molecular weight is 457 g/mol. The number of hydrogen-bond donors (Lipinski definition) is 0. The lowest BCUT2D eigenvalue weighted by Gasteiger charge is -2.34. The Labute approximate surface area is 194 Å². The van der Waals surface area contributed by atoms with Gasteiger partial charge >= 0.3 is 11.9 Å². The quantitative estimate of drug-likeness (QED) is 0.526. The van der Waals surface area contributed by atoms with Crippen LogP contribution in [0.25, 0.3) is 0 Å². The normalized spacial score (nSPS) is 23.3. The number of carbonyl (C=O) groups is 2. The molecule has 0 N–H and O–H groups in total. The Morgan fingerprint density at radius 1 is 1.24 bits per heavy atom. The van der Waals surface area contributed by atoms with Gasteiger partial charge in [0.15, 0.2) is 5.76 Å². The predicted octanol–water partition coefficient (Wildman–Crippen LogP) is 3.82. The fourth-order valence-electron chi connectivity index (χ4n) is 5.16. The van der Waals surface area contributed by atoms with Gasteiger partial charge in [0, 0.05) is 12.1 Å². The number of rotatable bonds is 9. The highest BCUT2D eigenvalue weighted by atomic mass is 16.5. The van der Waals surface area contributed by atoms with Gasteiger partial charge in [0.05, 0.1) is 18.2 Å². The summed E-state index contributed by atoms with van der Waals surface area (Å²) in [4.78, 5) is 27.0. The summed E-state index contributed by atoms with van der Waals surface area (Å²) in [6.07, 6.45) is 4.01. The first-order valence-corrected chi connectivity index (χ1v) is 11.6. The molecule has 2 aliphatic rings. The Bertz CT molecular complexity index is 959. The van der Waals surface area contributed by atoms with Crippen LogP contribution in [0, 0.1) is 5.92 Å². The van der Waals surface area contributed by atoms with E-state index >= 15 is 0 Å². The van der Waals surface area contributed by atoms with Crippen molar-refractivity contribution in [1.82, 2.24) is 10.1 Å². The van der Waals surface area contributed by atoms with Crippen LogP contribution >= 0.6 is 0 Å². The summed E-state index contributed by atoms with van der Waals surface area (Å²) in [5.74, 6) is -0.325. The number of fused-ring (bicyclic) bond motifs is 1. The molecular formula is C25H32N2O6. The third-order valence-corrected chi connectivity index (χ3v) is 6.87. The van der Waals surface area contributed by atoms with Crippen LogP contribution in [0.2, 0.25) is 0 Å². The molecule has 33 heavy (non-hydrogen) atoms. The summed E-state index contributed by atoms with van der Waals surface area (Å²) in [6.45, 7) is 5.67. The standard InChI is InChI=1S/C25H32N2O6/c1-17(2)22(24(29)30-3)20-14-21(26-33-20)31-15-19-10-12-25(11-7-13-27(19)25)16-32-23(28)18-8-5-4-6-9-18/h4-6,8-9,14,17,19,22H,7,10-13,15-16H2,1-3H3. The monoisotopic (exact) mass is 456 g/mol. The number of aromatic nitrogens is 1. The minimum absolute atomic E-state index is 0.0110. The maximum Gasteiger partial charge on any atom is 0.338 e. The molecule has 3 heterocycles. The average Bonchev–Trinajstić information content (AvgIpc) is 3.52. The fourth-order valence-corrected chi connectivity index (χ4v) is 5.16. The van der Waals surface area contributed by atoms with Crippen molar-refractivity contribution < 1.29 is 28.3 Å². The highest BCUT2D eigenvalue weighted by molar-refractivity contribution is 5.89. The fraction of sp³-hybridized carbons (Fsp3) is 0.560. The predicted molar refractivity (Wildman–Crippen MR) is 120 cm³/mol. The maximum atomic E-state index is 12.4. The first kappa shape index (κ1) is 23.3. The lowest BCUT2D eigenvalue weighted by Crippen LogP contribution is -2.47. The van der Waals surface area contributed by atoms with E-state index in [0.717, 1.165) is 32.2 Å². The van der Waals surface area contributed by atoms with E-state index in [1.807, 2.05) is 32.0 Å². The molecule has 0 aliphatic carbocycles. The lowest BCUT2D eigenvalue weighted by molar-refractivity contribution is -0.144. The van der Waals surface area contributed by atoms with Gasteiger partial charge in [-0.3, -0.25) is 9.69 Å². The molecule has 0 saturated carbocycles. The minimum atomic E-state index is -0.517. The van der Waals surface area contributed by atoms with E-state index in [1.54, 1.807) is 18.2 Å². The van der Waals surface area contributed by atoms with Crippen molar-refractivity contribution in [3.05, 3.63) is 47.7 Å². The molecule has 8 heteroatoms. The molecule has 178 valence electrons. The molecule has 1 aromatic heterocycles. The van der Waals surface area contributed by atoms with Crippen LogP contribution in [0.1, 0.15) is 61.6 Å². The van der Waals surface area contributed by atoms with Crippen LogP contribution < -0.4 is 4.74 Å². The van der Waals surface area contributed by atoms with Crippen LogP contribution in [0.15, 0.2) is 40.9 Å². The summed E-state index contributed by atoms with van der Waals surface area (Å²) in [6, 6.07) is 11.0. The summed E-state index contributed by atoms with van der Waals surface area (Å²) < 4.78 is 22.0. The largest absolute Gasteiger partial charge is 0.474 e. The molecule has 2 aliphatic heterocycles. The van der Waals surface area contributed by atoms with Crippen LogP contribution in [0.5, 0.6) is 5.88 Å².